The molecule has 3 aromatic rings. The van der Waals surface area contributed by atoms with Gasteiger partial charge in [0.1, 0.15) is 0 Å². The smallest absolute Gasteiger partial charge is 0.381 e. The summed E-state index contributed by atoms with van der Waals surface area (Å²) in [5.74, 6) is -4.32. The first-order chi connectivity index (χ1) is 16.0. The number of rotatable bonds is 3. The van der Waals surface area contributed by atoms with Crippen LogP contribution in [0.15, 0.2) is 18.2 Å². The summed E-state index contributed by atoms with van der Waals surface area (Å²) in [7, 11) is 0. The third kappa shape index (κ3) is 4.28. The van der Waals surface area contributed by atoms with Crippen LogP contribution in [0, 0.1) is 5.92 Å². The van der Waals surface area contributed by atoms with Crippen molar-refractivity contribution < 1.29 is 31.1 Å². The van der Waals surface area contributed by atoms with Crippen molar-refractivity contribution in [3.05, 3.63) is 46.1 Å². The SMILES string of the molecule is FC(F)(F)c1nc(N2CCc3c([nH]c4ccc(Cl)cc34)[C@@H]2C[C@@H]2CCOC2)nc(C(F)(F)F)n1. The number of aromatic nitrogens is 4. The molecule has 6 nitrogen and oxygen atoms in total. The molecule has 0 saturated carbocycles. The van der Waals surface area contributed by atoms with E-state index < -0.39 is 36.0 Å². The second-order valence-corrected chi connectivity index (χ2v) is 8.85. The van der Waals surface area contributed by atoms with Gasteiger partial charge in [0.25, 0.3) is 0 Å². The van der Waals surface area contributed by atoms with Gasteiger partial charge in [0, 0.05) is 41.4 Å². The van der Waals surface area contributed by atoms with Gasteiger partial charge in [0.05, 0.1) is 6.04 Å². The summed E-state index contributed by atoms with van der Waals surface area (Å²) in [6.07, 6.45) is -8.77. The number of nitrogens with zero attached hydrogens (tertiary/aromatic N) is 4. The van der Waals surface area contributed by atoms with E-state index in [1.807, 2.05) is 0 Å². The largest absolute Gasteiger partial charge is 0.451 e. The molecule has 2 aliphatic rings. The third-order valence-electron chi connectivity index (χ3n) is 6.18. The van der Waals surface area contributed by atoms with Crippen molar-refractivity contribution >= 4 is 28.5 Å². The molecular weight excluding hydrogens is 488 g/mol. The van der Waals surface area contributed by atoms with Gasteiger partial charge in [0.2, 0.25) is 17.6 Å². The zero-order valence-corrected chi connectivity index (χ0v) is 18.2. The third-order valence-corrected chi connectivity index (χ3v) is 6.42. The highest BCUT2D eigenvalue weighted by Crippen LogP contribution is 2.42. The summed E-state index contributed by atoms with van der Waals surface area (Å²) >= 11 is 6.16. The summed E-state index contributed by atoms with van der Waals surface area (Å²) in [4.78, 5) is 14.2. The Morgan fingerprint density at radius 3 is 2.38 bits per heavy atom. The highest BCUT2D eigenvalue weighted by Gasteiger charge is 2.43. The van der Waals surface area contributed by atoms with Crippen molar-refractivity contribution in [2.24, 2.45) is 5.92 Å². The molecule has 0 aliphatic carbocycles. The molecule has 0 amide bonds. The van der Waals surface area contributed by atoms with Gasteiger partial charge in [-0.05, 0) is 48.9 Å². The molecule has 0 radical (unpaired) electrons. The number of ether oxygens (including phenoxy) is 1. The molecule has 1 fully saturated rings. The number of benzene rings is 1. The van der Waals surface area contributed by atoms with E-state index in [0.717, 1.165) is 22.9 Å². The maximum atomic E-state index is 13.4. The lowest BCUT2D eigenvalue weighted by atomic mass is 9.90. The summed E-state index contributed by atoms with van der Waals surface area (Å²) in [5.41, 5.74) is 2.42. The standard InChI is InChI=1S/C21H18ClF6N5O/c22-11-1-2-14-13(8-11)12-3-5-33(15(16(12)29-14)7-10-4-6-34-9-10)19-31-17(20(23,24)25)30-18(32-19)21(26,27)28/h1-2,8,10,15,29H,3-7,9H2/t10-,15-/m0/s1. The van der Waals surface area contributed by atoms with Crippen molar-refractivity contribution in [3.8, 4) is 0 Å². The first-order valence-corrected chi connectivity index (χ1v) is 10.9. The Hall–Kier alpha value is -2.60. The monoisotopic (exact) mass is 505 g/mol. The molecule has 4 heterocycles. The molecule has 13 heteroatoms. The second kappa shape index (κ2) is 8.26. The maximum absolute atomic E-state index is 13.4. The van der Waals surface area contributed by atoms with Crippen LogP contribution in [0.4, 0.5) is 32.3 Å². The highest BCUT2D eigenvalue weighted by molar-refractivity contribution is 6.31. The topological polar surface area (TPSA) is 66.9 Å². The molecule has 2 aromatic heterocycles. The van der Waals surface area contributed by atoms with Crippen LogP contribution in [0.25, 0.3) is 10.9 Å². The fourth-order valence-corrected chi connectivity index (χ4v) is 4.83. The average molecular weight is 506 g/mol. The van der Waals surface area contributed by atoms with E-state index in [-0.39, 0.29) is 12.5 Å². The van der Waals surface area contributed by atoms with Crippen LogP contribution in [-0.4, -0.2) is 39.7 Å². The summed E-state index contributed by atoms with van der Waals surface area (Å²) < 4.78 is 85.7. The Bertz CT molecular complexity index is 1190. The minimum Gasteiger partial charge on any atom is -0.381 e. The van der Waals surface area contributed by atoms with Crippen LogP contribution in [-0.2, 0) is 23.5 Å². The fraction of sp³-hybridized carbons (Fsp3) is 0.476. The van der Waals surface area contributed by atoms with E-state index in [2.05, 4.69) is 19.9 Å². The molecule has 5 rings (SSSR count). The molecule has 1 aromatic carbocycles. The lowest BCUT2D eigenvalue weighted by Gasteiger charge is -2.37. The summed E-state index contributed by atoms with van der Waals surface area (Å²) in [6.45, 7) is 1.14. The van der Waals surface area contributed by atoms with Gasteiger partial charge in [-0.1, -0.05) is 11.6 Å². The lowest BCUT2D eigenvalue weighted by molar-refractivity contribution is -0.155. The van der Waals surface area contributed by atoms with E-state index in [1.54, 1.807) is 18.2 Å². The van der Waals surface area contributed by atoms with E-state index in [0.29, 0.717) is 36.8 Å². The number of hydrogen-bond acceptors (Lipinski definition) is 5. The minimum atomic E-state index is -5.16. The first kappa shape index (κ1) is 23.2. The predicted octanol–water partition coefficient (Wildman–Crippen LogP) is 5.57. The molecule has 182 valence electrons. The molecule has 0 unspecified atom stereocenters. The van der Waals surface area contributed by atoms with Crippen LogP contribution < -0.4 is 4.90 Å². The Labute approximate surface area is 194 Å². The number of H-pyrrole nitrogens is 1. The predicted molar refractivity (Wildman–Crippen MR) is 110 cm³/mol. The van der Waals surface area contributed by atoms with Crippen molar-refractivity contribution in [1.82, 2.24) is 19.9 Å². The second-order valence-electron chi connectivity index (χ2n) is 8.41. The van der Waals surface area contributed by atoms with Gasteiger partial charge in [-0.2, -0.15) is 36.3 Å². The van der Waals surface area contributed by atoms with Crippen molar-refractivity contribution in [3.63, 3.8) is 0 Å². The summed E-state index contributed by atoms with van der Waals surface area (Å²) in [5, 5.41) is 1.40. The molecule has 1 N–H and O–H groups in total. The maximum Gasteiger partial charge on any atom is 0.451 e. The number of anilines is 1. The van der Waals surface area contributed by atoms with Gasteiger partial charge in [-0.15, -0.1) is 0 Å². The molecule has 0 bridgehead atoms. The van der Waals surface area contributed by atoms with Crippen LogP contribution in [0.3, 0.4) is 0 Å². The van der Waals surface area contributed by atoms with Gasteiger partial charge in [-0.25, -0.2) is 4.98 Å². The van der Waals surface area contributed by atoms with Crippen LogP contribution in [0.2, 0.25) is 5.02 Å². The first-order valence-electron chi connectivity index (χ1n) is 10.6. The molecular formula is C21H18ClF6N5O. The van der Waals surface area contributed by atoms with Crippen LogP contribution in [0.5, 0.6) is 0 Å². The van der Waals surface area contributed by atoms with Gasteiger partial charge < -0.3 is 14.6 Å². The zero-order valence-electron chi connectivity index (χ0n) is 17.5. The number of halogens is 7. The van der Waals surface area contributed by atoms with Crippen LogP contribution >= 0.6 is 11.6 Å². The van der Waals surface area contributed by atoms with Crippen molar-refractivity contribution in [2.45, 2.75) is 37.7 Å². The highest BCUT2D eigenvalue weighted by atomic mass is 35.5. The van der Waals surface area contributed by atoms with Crippen molar-refractivity contribution in [2.75, 3.05) is 24.7 Å². The molecule has 2 aliphatic heterocycles. The Balaban J connectivity index is 1.64. The normalized spacial score (nSPS) is 21.3. The fourth-order valence-electron chi connectivity index (χ4n) is 4.65. The lowest BCUT2D eigenvalue weighted by Crippen LogP contribution is -2.39. The average Bonchev–Trinajstić information content (AvgIpc) is 3.40. The number of hydrogen-bond donors (Lipinski definition) is 1. The van der Waals surface area contributed by atoms with Gasteiger partial charge >= 0.3 is 12.4 Å². The van der Waals surface area contributed by atoms with E-state index in [9.17, 15) is 26.3 Å². The molecule has 2 atom stereocenters. The molecule has 34 heavy (non-hydrogen) atoms. The number of fused-ring (bicyclic) bond motifs is 3. The number of nitrogens with one attached hydrogen (secondary N) is 1. The van der Waals surface area contributed by atoms with Gasteiger partial charge in [-0.3, -0.25) is 0 Å². The van der Waals surface area contributed by atoms with Crippen LogP contribution in [0.1, 0.15) is 41.8 Å². The Morgan fingerprint density at radius 2 is 1.76 bits per heavy atom. The van der Waals surface area contributed by atoms with E-state index >= 15 is 0 Å². The Kier molecular flexibility index (Phi) is 5.63. The number of alkyl halides is 6. The minimum absolute atomic E-state index is 0.0828. The van der Waals surface area contributed by atoms with E-state index in [1.165, 1.54) is 4.90 Å². The van der Waals surface area contributed by atoms with Gasteiger partial charge in [0.15, 0.2) is 0 Å². The Morgan fingerprint density at radius 1 is 1.06 bits per heavy atom. The van der Waals surface area contributed by atoms with E-state index in [4.69, 9.17) is 16.3 Å². The number of aromatic amines is 1. The molecule has 1 saturated heterocycles. The zero-order chi connectivity index (χ0) is 24.3. The quantitative estimate of drug-likeness (QED) is 0.471. The van der Waals surface area contributed by atoms with Crippen molar-refractivity contribution in [1.29, 1.82) is 0 Å². The summed E-state index contributed by atoms with van der Waals surface area (Å²) in [6, 6.07) is 4.72. The molecule has 0 spiro atoms.